The SMILES string of the molecule is CCOC(CCSc1nc(C)cc(N)n1)OCC. The van der Waals surface area contributed by atoms with Crippen molar-refractivity contribution in [1.82, 2.24) is 9.97 Å². The van der Waals surface area contributed by atoms with Gasteiger partial charge >= 0.3 is 0 Å². The summed E-state index contributed by atoms with van der Waals surface area (Å²) in [4.78, 5) is 8.48. The highest BCUT2D eigenvalue weighted by molar-refractivity contribution is 7.99. The van der Waals surface area contributed by atoms with Gasteiger partial charge < -0.3 is 15.2 Å². The van der Waals surface area contributed by atoms with Gasteiger partial charge in [0.25, 0.3) is 0 Å². The van der Waals surface area contributed by atoms with E-state index in [1.807, 2.05) is 20.8 Å². The Morgan fingerprint density at radius 3 is 2.50 bits per heavy atom. The maximum absolute atomic E-state index is 5.67. The summed E-state index contributed by atoms with van der Waals surface area (Å²) in [5.74, 6) is 1.35. The van der Waals surface area contributed by atoms with Gasteiger partial charge in [0.15, 0.2) is 11.4 Å². The first-order valence-corrected chi connectivity index (χ1v) is 7.11. The fourth-order valence-electron chi connectivity index (χ4n) is 1.46. The van der Waals surface area contributed by atoms with Crippen LogP contribution in [-0.4, -0.2) is 35.2 Å². The van der Waals surface area contributed by atoms with Crippen molar-refractivity contribution >= 4 is 17.6 Å². The molecule has 0 atom stereocenters. The second-order valence-electron chi connectivity index (χ2n) is 3.69. The highest BCUT2D eigenvalue weighted by Crippen LogP contribution is 2.17. The predicted octanol–water partition coefficient (Wildman–Crippen LogP) is 2.25. The number of thioether (sulfide) groups is 1. The minimum absolute atomic E-state index is 0.144. The van der Waals surface area contributed by atoms with Crippen LogP contribution in [-0.2, 0) is 9.47 Å². The van der Waals surface area contributed by atoms with Crippen molar-refractivity contribution < 1.29 is 9.47 Å². The van der Waals surface area contributed by atoms with Crippen molar-refractivity contribution in [3.05, 3.63) is 11.8 Å². The van der Waals surface area contributed by atoms with Gasteiger partial charge in [-0.25, -0.2) is 9.97 Å². The Morgan fingerprint density at radius 1 is 1.28 bits per heavy atom. The molecule has 0 fully saturated rings. The van der Waals surface area contributed by atoms with Crippen molar-refractivity contribution in [1.29, 1.82) is 0 Å². The van der Waals surface area contributed by atoms with Crippen molar-refractivity contribution in [2.75, 3.05) is 24.7 Å². The molecule has 102 valence electrons. The van der Waals surface area contributed by atoms with Crippen LogP contribution >= 0.6 is 11.8 Å². The fourth-order valence-corrected chi connectivity index (χ4v) is 2.33. The number of anilines is 1. The van der Waals surface area contributed by atoms with Crippen LogP contribution in [0.5, 0.6) is 0 Å². The Balaban J connectivity index is 2.39. The molecule has 0 unspecified atom stereocenters. The molecule has 0 spiro atoms. The molecule has 0 aromatic carbocycles. The zero-order chi connectivity index (χ0) is 13.4. The third-order valence-corrected chi connectivity index (χ3v) is 3.02. The summed E-state index contributed by atoms with van der Waals surface area (Å²) in [5.41, 5.74) is 6.56. The summed E-state index contributed by atoms with van der Waals surface area (Å²) < 4.78 is 10.9. The van der Waals surface area contributed by atoms with E-state index in [9.17, 15) is 0 Å². The van der Waals surface area contributed by atoms with Crippen molar-refractivity contribution in [2.45, 2.75) is 38.6 Å². The van der Waals surface area contributed by atoms with E-state index in [1.165, 1.54) is 0 Å². The number of nitrogens with two attached hydrogens (primary N) is 1. The Kier molecular flexibility index (Phi) is 7.00. The largest absolute Gasteiger partial charge is 0.384 e. The molecular weight excluding hydrogens is 250 g/mol. The molecule has 2 N–H and O–H groups in total. The standard InChI is InChI=1S/C12H21N3O2S/c1-4-16-11(17-5-2)6-7-18-12-14-9(3)8-10(13)15-12/h8,11H,4-7H2,1-3H3,(H2,13,14,15). The molecule has 1 aromatic heterocycles. The Hall–Kier alpha value is -0.850. The maximum atomic E-state index is 5.67. The first kappa shape index (κ1) is 15.2. The zero-order valence-corrected chi connectivity index (χ0v) is 12.0. The molecule has 0 radical (unpaired) electrons. The summed E-state index contributed by atoms with van der Waals surface area (Å²) in [5, 5.41) is 0.708. The Morgan fingerprint density at radius 2 is 1.94 bits per heavy atom. The second kappa shape index (κ2) is 8.29. The van der Waals surface area contributed by atoms with Gasteiger partial charge in [-0.1, -0.05) is 11.8 Å². The monoisotopic (exact) mass is 271 g/mol. The molecule has 18 heavy (non-hydrogen) atoms. The third kappa shape index (κ3) is 5.66. The van der Waals surface area contributed by atoms with Crippen molar-refractivity contribution in [3.8, 4) is 0 Å². The number of aromatic nitrogens is 2. The lowest BCUT2D eigenvalue weighted by Gasteiger charge is -2.16. The molecule has 0 saturated heterocycles. The Labute approximate surface area is 112 Å². The molecule has 5 nitrogen and oxygen atoms in total. The molecule has 1 rings (SSSR count). The number of hydrogen-bond acceptors (Lipinski definition) is 6. The summed E-state index contributed by atoms with van der Waals surface area (Å²) >= 11 is 1.57. The van der Waals surface area contributed by atoms with Gasteiger partial charge in [-0.05, 0) is 20.8 Å². The van der Waals surface area contributed by atoms with E-state index in [1.54, 1.807) is 17.8 Å². The van der Waals surface area contributed by atoms with Crippen LogP contribution in [0.2, 0.25) is 0 Å². The van der Waals surface area contributed by atoms with Gasteiger partial charge in [0, 0.05) is 37.1 Å². The molecule has 0 amide bonds. The normalized spacial score (nSPS) is 11.1. The van der Waals surface area contributed by atoms with E-state index in [0.717, 1.165) is 17.9 Å². The summed E-state index contributed by atoms with van der Waals surface area (Å²) in [6.07, 6.45) is 0.665. The third-order valence-electron chi connectivity index (χ3n) is 2.14. The van der Waals surface area contributed by atoms with Gasteiger partial charge in [-0.3, -0.25) is 0 Å². The predicted molar refractivity (Wildman–Crippen MR) is 73.6 cm³/mol. The smallest absolute Gasteiger partial charge is 0.189 e. The summed E-state index contributed by atoms with van der Waals surface area (Å²) in [7, 11) is 0. The lowest BCUT2D eigenvalue weighted by molar-refractivity contribution is -0.136. The first-order valence-electron chi connectivity index (χ1n) is 6.12. The van der Waals surface area contributed by atoms with E-state index in [4.69, 9.17) is 15.2 Å². The minimum Gasteiger partial charge on any atom is -0.384 e. The van der Waals surface area contributed by atoms with Gasteiger partial charge in [-0.15, -0.1) is 0 Å². The van der Waals surface area contributed by atoms with Crippen LogP contribution in [0.1, 0.15) is 26.0 Å². The van der Waals surface area contributed by atoms with Crippen LogP contribution in [0.25, 0.3) is 0 Å². The summed E-state index contributed by atoms with van der Waals surface area (Å²) in [6, 6.07) is 1.76. The van der Waals surface area contributed by atoms with Gasteiger partial charge in [0.1, 0.15) is 5.82 Å². The van der Waals surface area contributed by atoms with E-state index in [2.05, 4.69) is 9.97 Å². The van der Waals surface area contributed by atoms with Gasteiger partial charge in [-0.2, -0.15) is 0 Å². The topological polar surface area (TPSA) is 70.3 Å². The number of nitrogen functional groups attached to an aromatic ring is 1. The van der Waals surface area contributed by atoms with Crippen LogP contribution < -0.4 is 5.73 Å². The van der Waals surface area contributed by atoms with Crippen LogP contribution in [0, 0.1) is 6.92 Å². The van der Waals surface area contributed by atoms with Crippen molar-refractivity contribution in [3.63, 3.8) is 0 Å². The highest BCUT2D eigenvalue weighted by atomic mass is 32.2. The highest BCUT2D eigenvalue weighted by Gasteiger charge is 2.09. The number of ether oxygens (including phenoxy) is 2. The average molecular weight is 271 g/mol. The fraction of sp³-hybridized carbons (Fsp3) is 0.667. The molecule has 0 bridgehead atoms. The molecule has 0 saturated carbocycles. The Bertz CT molecular complexity index is 337. The van der Waals surface area contributed by atoms with Crippen molar-refractivity contribution in [2.24, 2.45) is 0 Å². The molecular formula is C12H21N3O2S. The molecule has 0 aliphatic carbocycles. The van der Waals surface area contributed by atoms with Gasteiger partial charge in [0.05, 0.1) is 0 Å². The van der Waals surface area contributed by atoms with Crippen LogP contribution in [0.3, 0.4) is 0 Å². The first-order chi connectivity index (χ1) is 8.65. The lowest BCUT2D eigenvalue weighted by atomic mass is 10.4. The van der Waals surface area contributed by atoms with Crippen LogP contribution in [0.4, 0.5) is 5.82 Å². The number of rotatable bonds is 8. The minimum atomic E-state index is -0.144. The molecule has 6 heteroatoms. The average Bonchev–Trinajstić information content (AvgIpc) is 2.28. The maximum Gasteiger partial charge on any atom is 0.189 e. The molecule has 1 aromatic rings. The van der Waals surface area contributed by atoms with E-state index in [0.29, 0.717) is 24.2 Å². The van der Waals surface area contributed by atoms with Gasteiger partial charge in [0.2, 0.25) is 0 Å². The molecule has 0 aliphatic rings. The zero-order valence-electron chi connectivity index (χ0n) is 11.2. The second-order valence-corrected chi connectivity index (χ2v) is 4.76. The van der Waals surface area contributed by atoms with E-state index >= 15 is 0 Å². The van der Waals surface area contributed by atoms with Crippen LogP contribution in [0.15, 0.2) is 11.2 Å². The summed E-state index contributed by atoms with van der Waals surface area (Å²) in [6.45, 7) is 7.14. The molecule has 0 aliphatic heterocycles. The quantitative estimate of drug-likeness (QED) is 0.444. The van der Waals surface area contributed by atoms with E-state index < -0.39 is 0 Å². The number of aryl methyl sites for hydroxylation is 1. The van der Waals surface area contributed by atoms with E-state index in [-0.39, 0.29) is 6.29 Å². The number of hydrogen-bond donors (Lipinski definition) is 1. The number of nitrogens with zero attached hydrogens (tertiary/aromatic N) is 2. The molecule has 1 heterocycles. The lowest BCUT2D eigenvalue weighted by Crippen LogP contribution is -2.18.